The molecule has 0 aliphatic rings. The van der Waals surface area contributed by atoms with E-state index in [1.54, 1.807) is 25.3 Å². The van der Waals surface area contributed by atoms with Gasteiger partial charge in [-0.25, -0.2) is 4.98 Å². The number of hydrogen-bond donors (Lipinski definition) is 1. The molecule has 4 aromatic rings. The molecule has 0 saturated heterocycles. The molecule has 1 heterocycles. The van der Waals surface area contributed by atoms with Crippen LogP contribution in [0.15, 0.2) is 57.9 Å². The van der Waals surface area contributed by atoms with Crippen LogP contribution in [0.25, 0.3) is 22.6 Å². The molecule has 0 unspecified atom stereocenters. The van der Waals surface area contributed by atoms with Gasteiger partial charge in [0.2, 0.25) is 5.89 Å². The normalized spacial score (nSPS) is 11.6. The second-order valence-corrected chi connectivity index (χ2v) is 7.33. The van der Waals surface area contributed by atoms with Crippen LogP contribution < -0.4 is 0 Å². The molecule has 0 radical (unpaired) electrons. The lowest BCUT2D eigenvalue weighted by Gasteiger charge is -2.03. The molecule has 0 atom stereocenters. The monoisotopic (exact) mass is 390 g/mol. The fraction of sp³-hybridized carbons (Fsp3) is 0.130. The van der Waals surface area contributed by atoms with Crippen LogP contribution in [0.1, 0.15) is 22.3 Å². The summed E-state index contributed by atoms with van der Waals surface area (Å²) in [6, 6.07) is 15.1. The van der Waals surface area contributed by atoms with E-state index in [1.165, 1.54) is 11.1 Å². The van der Waals surface area contributed by atoms with Gasteiger partial charge in [0.05, 0.1) is 5.69 Å². The molecule has 0 bridgehead atoms. The van der Waals surface area contributed by atoms with E-state index >= 15 is 0 Å². The number of aliphatic imine (C=N–C) groups is 1. The van der Waals surface area contributed by atoms with Gasteiger partial charge in [-0.1, -0.05) is 17.7 Å². The van der Waals surface area contributed by atoms with Crippen molar-refractivity contribution in [3.63, 3.8) is 0 Å². The van der Waals surface area contributed by atoms with Gasteiger partial charge < -0.3 is 9.52 Å². The fourth-order valence-corrected chi connectivity index (χ4v) is 3.28. The van der Waals surface area contributed by atoms with E-state index < -0.39 is 0 Å². The smallest absolute Gasteiger partial charge is 0.227 e. The Kier molecular flexibility index (Phi) is 4.65. The Morgan fingerprint density at radius 1 is 0.964 bits per heavy atom. The summed E-state index contributed by atoms with van der Waals surface area (Å²) in [6.07, 6.45) is 1.60. The van der Waals surface area contributed by atoms with Crippen LogP contribution in [-0.2, 0) is 0 Å². The molecule has 1 N–H and O–H groups in total. The molecule has 140 valence electrons. The lowest BCUT2D eigenvalue weighted by Crippen LogP contribution is -1.86. The Morgan fingerprint density at radius 3 is 2.57 bits per heavy atom. The SMILES string of the molecule is Cc1ccc(-c2nc3cc(N=Cc4cc(Cl)cc(C)c4O)ccc3o2)cc1C. The molecule has 28 heavy (non-hydrogen) atoms. The number of fused-ring (bicyclic) bond motifs is 1. The highest BCUT2D eigenvalue weighted by atomic mass is 35.5. The van der Waals surface area contributed by atoms with Crippen molar-refractivity contribution in [1.29, 1.82) is 0 Å². The Bertz CT molecular complexity index is 1220. The maximum absolute atomic E-state index is 10.2. The number of hydrogen-bond acceptors (Lipinski definition) is 4. The molecule has 0 aliphatic heterocycles. The standard InChI is InChI=1S/C23H19ClN2O2/c1-13-4-5-16(8-14(13)2)23-26-20-11-19(6-7-21(20)28-23)25-12-17-10-18(24)9-15(3)22(17)27/h4-12,27H,1-3H3. The Labute approximate surface area is 168 Å². The first kappa shape index (κ1) is 18.3. The van der Waals surface area contributed by atoms with Gasteiger partial charge in [-0.2, -0.15) is 0 Å². The number of nitrogens with zero attached hydrogens (tertiary/aromatic N) is 2. The molecule has 4 rings (SSSR count). The van der Waals surface area contributed by atoms with E-state index in [-0.39, 0.29) is 5.75 Å². The third-order valence-corrected chi connectivity index (χ3v) is 4.99. The number of oxazole rings is 1. The van der Waals surface area contributed by atoms with Crippen molar-refractivity contribution < 1.29 is 9.52 Å². The summed E-state index contributed by atoms with van der Waals surface area (Å²) >= 11 is 6.07. The average Bonchev–Trinajstić information content (AvgIpc) is 3.09. The largest absolute Gasteiger partial charge is 0.507 e. The number of phenolic OH excluding ortho intramolecular Hbond substituents is 1. The fourth-order valence-electron chi connectivity index (χ4n) is 3.00. The molecular weight excluding hydrogens is 372 g/mol. The van der Waals surface area contributed by atoms with E-state index in [4.69, 9.17) is 16.0 Å². The zero-order valence-electron chi connectivity index (χ0n) is 15.8. The maximum Gasteiger partial charge on any atom is 0.227 e. The van der Waals surface area contributed by atoms with Gasteiger partial charge >= 0.3 is 0 Å². The summed E-state index contributed by atoms with van der Waals surface area (Å²) in [7, 11) is 0. The van der Waals surface area contributed by atoms with Gasteiger partial charge in [0, 0.05) is 22.4 Å². The first-order valence-electron chi connectivity index (χ1n) is 8.92. The minimum atomic E-state index is 0.174. The van der Waals surface area contributed by atoms with E-state index in [0.29, 0.717) is 33.3 Å². The van der Waals surface area contributed by atoms with Crippen molar-refractivity contribution in [2.75, 3.05) is 0 Å². The predicted octanol–water partition coefficient (Wildman–Crippen LogP) is 6.53. The van der Waals surface area contributed by atoms with Crippen LogP contribution in [0.3, 0.4) is 0 Å². The van der Waals surface area contributed by atoms with Crippen LogP contribution >= 0.6 is 11.6 Å². The predicted molar refractivity (Wildman–Crippen MR) is 114 cm³/mol. The highest BCUT2D eigenvalue weighted by Crippen LogP contribution is 2.29. The second-order valence-electron chi connectivity index (χ2n) is 6.89. The van der Waals surface area contributed by atoms with Crippen LogP contribution in [0.4, 0.5) is 5.69 Å². The zero-order chi connectivity index (χ0) is 19.8. The number of phenols is 1. The lowest BCUT2D eigenvalue weighted by molar-refractivity contribution is 0.470. The second kappa shape index (κ2) is 7.13. The molecule has 0 saturated carbocycles. The minimum Gasteiger partial charge on any atom is -0.507 e. The molecule has 0 amide bonds. The number of aromatic hydroxyl groups is 1. The first-order chi connectivity index (χ1) is 13.4. The number of aromatic nitrogens is 1. The van der Waals surface area contributed by atoms with Gasteiger partial charge in [0.1, 0.15) is 11.3 Å². The number of rotatable bonds is 3. The molecule has 1 aromatic heterocycles. The number of aryl methyl sites for hydroxylation is 3. The summed E-state index contributed by atoms with van der Waals surface area (Å²) in [6.45, 7) is 5.95. The van der Waals surface area contributed by atoms with Crippen LogP contribution in [0.2, 0.25) is 5.02 Å². The van der Waals surface area contributed by atoms with Gasteiger partial charge in [-0.3, -0.25) is 4.99 Å². The number of benzene rings is 3. The summed E-state index contributed by atoms with van der Waals surface area (Å²) in [5.41, 5.74) is 6.80. The summed E-state index contributed by atoms with van der Waals surface area (Å²) in [4.78, 5) is 9.06. The van der Waals surface area contributed by atoms with E-state index in [9.17, 15) is 5.11 Å². The first-order valence-corrected chi connectivity index (χ1v) is 9.30. The summed E-state index contributed by atoms with van der Waals surface area (Å²) in [5.74, 6) is 0.759. The zero-order valence-corrected chi connectivity index (χ0v) is 16.6. The minimum absolute atomic E-state index is 0.174. The molecule has 5 heteroatoms. The molecule has 0 aliphatic carbocycles. The molecular formula is C23H19ClN2O2. The van der Waals surface area contributed by atoms with Crippen LogP contribution in [0.5, 0.6) is 5.75 Å². The molecule has 0 spiro atoms. The van der Waals surface area contributed by atoms with E-state index in [1.807, 2.05) is 24.3 Å². The van der Waals surface area contributed by atoms with Gasteiger partial charge in [-0.15, -0.1) is 0 Å². The topological polar surface area (TPSA) is 58.6 Å². The molecule has 3 aromatic carbocycles. The molecule has 0 fully saturated rings. The Morgan fingerprint density at radius 2 is 1.79 bits per heavy atom. The van der Waals surface area contributed by atoms with Crippen LogP contribution in [0, 0.1) is 20.8 Å². The third-order valence-electron chi connectivity index (χ3n) is 4.77. The van der Waals surface area contributed by atoms with Crippen molar-refractivity contribution in [1.82, 2.24) is 4.98 Å². The Balaban J connectivity index is 1.68. The average molecular weight is 391 g/mol. The third kappa shape index (κ3) is 3.51. The highest BCUT2D eigenvalue weighted by molar-refractivity contribution is 6.31. The van der Waals surface area contributed by atoms with E-state index in [2.05, 4.69) is 36.0 Å². The van der Waals surface area contributed by atoms with Gasteiger partial charge in [-0.05, 0) is 79.9 Å². The van der Waals surface area contributed by atoms with Crippen LogP contribution in [-0.4, -0.2) is 16.3 Å². The van der Waals surface area contributed by atoms with Crippen molar-refractivity contribution >= 4 is 34.6 Å². The van der Waals surface area contributed by atoms with Crippen molar-refractivity contribution in [2.45, 2.75) is 20.8 Å². The van der Waals surface area contributed by atoms with Crippen molar-refractivity contribution in [3.8, 4) is 17.2 Å². The molecule has 4 nitrogen and oxygen atoms in total. The maximum atomic E-state index is 10.2. The van der Waals surface area contributed by atoms with Crippen molar-refractivity contribution in [3.05, 3.63) is 75.8 Å². The number of halogens is 1. The van der Waals surface area contributed by atoms with Gasteiger partial charge in [0.25, 0.3) is 0 Å². The summed E-state index contributed by atoms with van der Waals surface area (Å²) in [5, 5.41) is 10.7. The summed E-state index contributed by atoms with van der Waals surface area (Å²) < 4.78 is 5.90. The Hall–Kier alpha value is -3.11. The van der Waals surface area contributed by atoms with Crippen molar-refractivity contribution in [2.24, 2.45) is 4.99 Å². The quantitative estimate of drug-likeness (QED) is 0.404. The lowest BCUT2D eigenvalue weighted by atomic mass is 10.1. The van der Waals surface area contributed by atoms with Gasteiger partial charge in [0.15, 0.2) is 5.58 Å². The highest BCUT2D eigenvalue weighted by Gasteiger charge is 2.10. The van der Waals surface area contributed by atoms with E-state index in [0.717, 1.165) is 11.1 Å².